The lowest BCUT2D eigenvalue weighted by atomic mass is 9.82. The molecule has 1 atom stereocenters. The minimum Gasteiger partial charge on any atom is -0.311 e. The average molecular weight is 694 g/mol. The molecule has 0 N–H and O–H groups in total. The second-order valence-corrected chi connectivity index (χ2v) is 15.6. The van der Waals surface area contributed by atoms with Gasteiger partial charge >= 0.3 is 0 Å². The van der Waals surface area contributed by atoms with Crippen LogP contribution in [0.4, 0.5) is 11.4 Å². The standard InChI is InChI=1S/C53H43N/c1-53(2)51-24-14-13-23-47(51)48-32-30-42(35-52(48)53)54(40-27-25-37(26-28-40)36-15-5-3-6-16-36)41-29-31-46(49(34-41)38-17-7-4-8-18-38)50-33-39-19-9-10-20-43(39)44-21-11-12-22-45(44)50/h3-7,9-17,19-25,27-35,37H,8,18,26H2,1-2H3. The second kappa shape index (κ2) is 13.0. The Morgan fingerprint density at radius 1 is 0.574 bits per heavy atom. The van der Waals surface area contributed by atoms with E-state index in [1.165, 1.54) is 88.7 Å². The van der Waals surface area contributed by atoms with Crippen LogP contribution in [-0.4, -0.2) is 0 Å². The summed E-state index contributed by atoms with van der Waals surface area (Å²) in [5.41, 5.74) is 15.6. The van der Waals surface area contributed by atoms with Crippen LogP contribution in [0.1, 0.15) is 61.3 Å². The molecule has 3 aliphatic carbocycles. The third-order valence-corrected chi connectivity index (χ3v) is 12.1. The summed E-state index contributed by atoms with van der Waals surface area (Å²) in [5.74, 6) is 0.364. The molecule has 1 nitrogen and oxygen atoms in total. The first-order chi connectivity index (χ1) is 26.5. The molecule has 0 fully saturated rings. The third kappa shape index (κ3) is 5.38. The summed E-state index contributed by atoms with van der Waals surface area (Å²) in [6.07, 6.45) is 17.1. The van der Waals surface area contributed by atoms with Gasteiger partial charge in [0.15, 0.2) is 0 Å². The van der Waals surface area contributed by atoms with Crippen LogP contribution in [0.3, 0.4) is 0 Å². The highest BCUT2D eigenvalue weighted by Crippen LogP contribution is 2.51. The van der Waals surface area contributed by atoms with Crippen LogP contribution in [0.25, 0.3) is 49.4 Å². The maximum Gasteiger partial charge on any atom is 0.0467 e. The molecule has 0 spiro atoms. The lowest BCUT2D eigenvalue weighted by Gasteiger charge is -2.31. The Morgan fingerprint density at radius 3 is 2.07 bits per heavy atom. The summed E-state index contributed by atoms with van der Waals surface area (Å²) in [6.45, 7) is 4.75. The molecular weight excluding hydrogens is 651 g/mol. The topological polar surface area (TPSA) is 3.24 Å². The fourth-order valence-electron chi connectivity index (χ4n) is 9.28. The van der Waals surface area contributed by atoms with Crippen LogP contribution in [0.5, 0.6) is 0 Å². The molecule has 54 heavy (non-hydrogen) atoms. The van der Waals surface area contributed by atoms with Crippen molar-refractivity contribution in [3.63, 3.8) is 0 Å². The Morgan fingerprint density at radius 2 is 1.28 bits per heavy atom. The molecule has 0 aromatic heterocycles. The molecule has 0 saturated heterocycles. The number of anilines is 2. The minimum absolute atomic E-state index is 0.0891. The Hall–Kier alpha value is -6.18. The molecule has 1 unspecified atom stereocenters. The number of allylic oxidation sites excluding steroid dienone is 7. The van der Waals surface area contributed by atoms with Gasteiger partial charge in [-0.05, 0) is 127 Å². The van der Waals surface area contributed by atoms with Gasteiger partial charge in [0.25, 0.3) is 0 Å². The van der Waals surface area contributed by atoms with Gasteiger partial charge in [0.05, 0.1) is 0 Å². The van der Waals surface area contributed by atoms with Gasteiger partial charge in [-0.15, -0.1) is 0 Å². The lowest BCUT2D eigenvalue weighted by Crippen LogP contribution is -2.19. The first-order valence-corrected chi connectivity index (χ1v) is 19.4. The van der Waals surface area contributed by atoms with Crippen molar-refractivity contribution in [1.82, 2.24) is 0 Å². The zero-order valence-corrected chi connectivity index (χ0v) is 31.0. The van der Waals surface area contributed by atoms with Gasteiger partial charge in [-0.25, -0.2) is 0 Å². The molecular formula is C53H43N. The smallest absolute Gasteiger partial charge is 0.0467 e. The molecule has 1 heteroatoms. The predicted molar refractivity (Wildman–Crippen MR) is 230 cm³/mol. The fraction of sp³-hybridized carbons (Fsp3) is 0.132. The van der Waals surface area contributed by atoms with Gasteiger partial charge in [0.1, 0.15) is 0 Å². The molecule has 0 radical (unpaired) electrons. The zero-order valence-electron chi connectivity index (χ0n) is 31.0. The van der Waals surface area contributed by atoms with Crippen molar-refractivity contribution < 1.29 is 0 Å². The van der Waals surface area contributed by atoms with Crippen molar-refractivity contribution in [2.45, 2.75) is 44.4 Å². The number of hydrogen-bond acceptors (Lipinski definition) is 1. The molecule has 7 aromatic rings. The molecule has 260 valence electrons. The van der Waals surface area contributed by atoms with Crippen molar-refractivity contribution in [2.24, 2.45) is 0 Å². The monoisotopic (exact) mass is 693 g/mol. The maximum absolute atomic E-state index is 2.50. The maximum atomic E-state index is 2.50. The lowest BCUT2D eigenvalue weighted by molar-refractivity contribution is 0.660. The average Bonchev–Trinajstić information content (AvgIpc) is 3.47. The van der Waals surface area contributed by atoms with E-state index in [0.29, 0.717) is 5.92 Å². The van der Waals surface area contributed by atoms with Crippen molar-refractivity contribution in [1.29, 1.82) is 0 Å². The quantitative estimate of drug-likeness (QED) is 0.157. The van der Waals surface area contributed by atoms with E-state index in [0.717, 1.165) is 19.3 Å². The SMILES string of the molecule is CC1(C)c2ccccc2-c2ccc(N(C3=CCC(c4ccccc4)C=C3)c3ccc(-c4cc5ccccc5c5ccccc45)c(C4=CC=CCC4)c3)cc21. The van der Waals surface area contributed by atoms with Crippen molar-refractivity contribution in [2.75, 3.05) is 4.90 Å². The highest BCUT2D eigenvalue weighted by atomic mass is 15.1. The Balaban J connectivity index is 1.16. The summed E-state index contributed by atoms with van der Waals surface area (Å²) in [4.78, 5) is 2.50. The molecule has 0 bridgehead atoms. The summed E-state index contributed by atoms with van der Waals surface area (Å²) < 4.78 is 0. The van der Waals surface area contributed by atoms with Crippen LogP contribution in [0, 0.1) is 0 Å². The number of benzene rings is 7. The highest BCUT2D eigenvalue weighted by molar-refractivity contribution is 6.14. The van der Waals surface area contributed by atoms with E-state index in [2.05, 4.69) is 201 Å². The minimum atomic E-state index is -0.0891. The second-order valence-electron chi connectivity index (χ2n) is 15.6. The van der Waals surface area contributed by atoms with Crippen molar-refractivity contribution >= 4 is 38.5 Å². The van der Waals surface area contributed by atoms with E-state index in [4.69, 9.17) is 0 Å². The Bertz CT molecular complexity index is 2720. The Labute approximate surface area is 318 Å². The molecule has 0 aliphatic heterocycles. The van der Waals surface area contributed by atoms with Gasteiger partial charge in [-0.2, -0.15) is 0 Å². The van der Waals surface area contributed by atoms with Gasteiger partial charge in [0, 0.05) is 28.4 Å². The summed E-state index contributed by atoms with van der Waals surface area (Å²) in [5, 5.41) is 5.16. The first-order valence-electron chi connectivity index (χ1n) is 19.4. The number of rotatable bonds is 6. The van der Waals surface area contributed by atoms with Crippen molar-refractivity contribution in [3.05, 3.63) is 210 Å². The van der Waals surface area contributed by atoms with E-state index in [-0.39, 0.29) is 5.41 Å². The van der Waals surface area contributed by atoms with Crippen LogP contribution in [0.15, 0.2) is 188 Å². The molecule has 3 aliphatic rings. The molecule has 0 amide bonds. The van der Waals surface area contributed by atoms with Crippen LogP contribution >= 0.6 is 0 Å². The summed E-state index contributed by atoms with van der Waals surface area (Å²) in [6, 6.07) is 54.3. The third-order valence-electron chi connectivity index (χ3n) is 12.1. The highest BCUT2D eigenvalue weighted by Gasteiger charge is 2.36. The molecule has 0 heterocycles. The van der Waals surface area contributed by atoms with E-state index in [9.17, 15) is 0 Å². The van der Waals surface area contributed by atoms with Crippen molar-refractivity contribution in [3.8, 4) is 22.3 Å². The van der Waals surface area contributed by atoms with Gasteiger partial charge in [-0.3, -0.25) is 0 Å². The van der Waals surface area contributed by atoms with Gasteiger partial charge in [0.2, 0.25) is 0 Å². The largest absolute Gasteiger partial charge is 0.311 e. The van der Waals surface area contributed by atoms with E-state index in [1.807, 2.05) is 0 Å². The molecule has 0 saturated carbocycles. The van der Waals surface area contributed by atoms with Crippen LogP contribution in [0.2, 0.25) is 0 Å². The Kier molecular flexibility index (Phi) is 7.84. The number of fused-ring (bicyclic) bond motifs is 6. The number of nitrogens with zero attached hydrogens (tertiary/aromatic N) is 1. The van der Waals surface area contributed by atoms with E-state index >= 15 is 0 Å². The fourth-order valence-corrected chi connectivity index (χ4v) is 9.28. The molecule has 10 rings (SSSR count). The number of hydrogen-bond donors (Lipinski definition) is 0. The van der Waals surface area contributed by atoms with Crippen LogP contribution in [-0.2, 0) is 5.41 Å². The van der Waals surface area contributed by atoms with Gasteiger partial charge in [-0.1, -0.05) is 159 Å². The normalized spacial score (nSPS) is 16.9. The van der Waals surface area contributed by atoms with E-state index < -0.39 is 0 Å². The molecule has 7 aromatic carbocycles. The zero-order chi connectivity index (χ0) is 36.2. The van der Waals surface area contributed by atoms with Gasteiger partial charge < -0.3 is 4.90 Å². The summed E-state index contributed by atoms with van der Waals surface area (Å²) in [7, 11) is 0. The predicted octanol–water partition coefficient (Wildman–Crippen LogP) is 14.5. The van der Waals surface area contributed by atoms with Crippen LogP contribution < -0.4 is 4.90 Å². The first kappa shape index (κ1) is 32.5. The summed E-state index contributed by atoms with van der Waals surface area (Å²) >= 11 is 0. The van der Waals surface area contributed by atoms with E-state index in [1.54, 1.807) is 0 Å².